The fraction of sp³-hybridized carbons (Fsp3) is 0.375. The summed E-state index contributed by atoms with van der Waals surface area (Å²) in [5.41, 5.74) is 0.771. The Morgan fingerprint density at radius 3 is 2.67 bits per heavy atom. The first-order valence-electron chi connectivity index (χ1n) is 7.51. The number of benzene rings is 1. The topological polar surface area (TPSA) is 78.2 Å². The quantitative estimate of drug-likeness (QED) is 0.756. The molecule has 0 unspecified atom stereocenters. The fourth-order valence-corrected chi connectivity index (χ4v) is 3.82. The Kier molecular flexibility index (Phi) is 5.08. The van der Waals surface area contributed by atoms with Crippen LogP contribution < -0.4 is 9.47 Å². The van der Waals surface area contributed by atoms with Crippen molar-refractivity contribution in [3.05, 3.63) is 42.4 Å². The minimum atomic E-state index is -3.71. The van der Waals surface area contributed by atoms with Crippen LogP contribution in [0.2, 0.25) is 0 Å². The maximum absolute atomic E-state index is 13.0. The van der Waals surface area contributed by atoms with Crippen LogP contribution in [-0.4, -0.2) is 46.2 Å². The first-order chi connectivity index (χ1) is 11.6. The van der Waals surface area contributed by atoms with Gasteiger partial charge in [-0.1, -0.05) is 0 Å². The van der Waals surface area contributed by atoms with Crippen molar-refractivity contribution in [2.24, 2.45) is 0 Å². The third-order valence-corrected chi connectivity index (χ3v) is 5.48. The molecule has 0 N–H and O–H groups in total. The van der Waals surface area contributed by atoms with Gasteiger partial charge in [-0.05, 0) is 18.2 Å². The summed E-state index contributed by atoms with van der Waals surface area (Å²) in [6.45, 7) is 1.59. The Hall–Kier alpha value is -2.03. The zero-order valence-corrected chi connectivity index (χ0v) is 14.1. The minimum absolute atomic E-state index is 0.159. The van der Waals surface area contributed by atoms with Crippen LogP contribution in [0.1, 0.15) is 5.56 Å². The average Bonchev–Trinajstić information content (AvgIpc) is 3.11. The first-order valence-corrected chi connectivity index (χ1v) is 8.95. The Labute approximate surface area is 140 Å². The molecular formula is C16H19NO6S. The molecule has 1 aromatic carbocycles. The van der Waals surface area contributed by atoms with E-state index in [1.165, 1.54) is 36.1 Å². The number of ether oxygens (including phenoxy) is 3. The minimum Gasteiger partial charge on any atom is -0.486 e. The van der Waals surface area contributed by atoms with Gasteiger partial charge in [-0.15, -0.1) is 0 Å². The molecule has 24 heavy (non-hydrogen) atoms. The van der Waals surface area contributed by atoms with Gasteiger partial charge in [0, 0.05) is 31.8 Å². The van der Waals surface area contributed by atoms with Crippen LogP contribution in [0.4, 0.5) is 0 Å². The van der Waals surface area contributed by atoms with Crippen molar-refractivity contribution in [3.63, 3.8) is 0 Å². The molecule has 0 atom stereocenters. The summed E-state index contributed by atoms with van der Waals surface area (Å²) in [4.78, 5) is 0.159. The number of sulfonamides is 1. The number of fused-ring (bicyclic) bond motifs is 1. The smallest absolute Gasteiger partial charge is 0.243 e. The largest absolute Gasteiger partial charge is 0.486 e. The second kappa shape index (κ2) is 7.25. The highest BCUT2D eigenvalue weighted by molar-refractivity contribution is 7.89. The molecule has 0 aliphatic carbocycles. The Morgan fingerprint density at radius 1 is 1.17 bits per heavy atom. The first kappa shape index (κ1) is 16.8. The summed E-state index contributed by atoms with van der Waals surface area (Å²) in [7, 11) is -2.17. The summed E-state index contributed by atoms with van der Waals surface area (Å²) in [5.74, 6) is 0.996. The lowest BCUT2D eigenvalue weighted by Crippen LogP contribution is -2.33. The van der Waals surface area contributed by atoms with Crippen LogP contribution in [0, 0.1) is 0 Å². The van der Waals surface area contributed by atoms with Crippen molar-refractivity contribution >= 4 is 10.0 Å². The molecule has 0 radical (unpaired) electrons. The lowest BCUT2D eigenvalue weighted by Gasteiger charge is -2.23. The van der Waals surface area contributed by atoms with E-state index in [0.29, 0.717) is 31.3 Å². The van der Waals surface area contributed by atoms with E-state index in [0.717, 1.165) is 5.56 Å². The predicted octanol–water partition coefficient (Wildman–Crippen LogP) is 1.89. The van der Waals surface area contributed by atoms with Gasteiger partial charge >= 0.3 is 0 Å². The van der Waals surface area contributed by atoms with Gasteiger partial charge in [0.1, 0.15) is 13.2 Å². The van der Waals surface area contributed by atoms with Crippen molar-refractivity contribution in [1.29, 1.82) is 0 Å². The number of nitrogens with zero attached hydrogens (tertiary/aromatic N) is 1. The highest BCUT2D eigenvalue weighted by Crippen LogP contribution is 2.33. The predicted molar refractivity (Wildman–Crippen MR) is 85.6 cm³/mol. The molecule has 0 bridgehead atoms. The second-order valence-electron chi connectivity index (χ2n) is 5.27. The molecule has 2 heterocycles. The molecule has 0 amide bonds. The maximum Gasteiger partial charge on any atom is 0.243 e. The Balaban J connectivity index is 1.89. The molecule has 7 nitrogen and oxygen atoms in total. The number of hydrogen-bond donors (Lipinski definition) is 0. The van der Waals surface area contributed by atoms with Gasteiger partial charge in [0.05, 0.1) is 24.0 Å². The second-order valence-corrected chi connectivity index (χ2v) is 7.21. The highest BCUT2D eigenvalue weighted by Gasteiger charge is 2.26. The number of furan rings is 1. The molecule has 8 heteroatoms. The molecule has 1 aliphatic rings. The van der Waals surface area contributed by atoms with Crippen molar-refractivity contribution < 1.29 is 27.0 Å². The van der Waals surface area contributed by atoms with E-state index in [1.807, 2.05) is 0 Å². The van der Waals surface area contributed by atoms with Gasteiger partial charge in [-0.2, -0.15) is 4.31 Å². The van der Waals surface area contributed by atoms with E-state index < -0.39 is 10.0 Å². The summed E-state index contributed by atoms with van der Waals surface area (Å²) in [5, 5.41) is 0. The zero-order chi connectivity index (χ0) is 17.0. The van der Waals surface area contributed by atoms with Gasteiger partial charge in [-0.25, -0.2) is 8.42 Å². The lowest BCUT2D eigenvalue weighted by atomic mass is 10.3. The zero-order valence-electron chi connectivity index (χ0n) is 13.3. The van der Waals surface area contributed by atoms with Crippen LogP contribution in [0.3, 0.4) is 0 Å². The van der Waals surface area contributed by atoms with Crippen LogP contribution >= 0.6 is 0 Å². The molecule has 2 aromatic rings. The number of rotatable bonds is 7. The molecule has 1 aliphatic heterocycles. The molecule has 3 rings (SSSR count). The summed E-state index contributed by atoms with van der Waals surface area (Å²) < 4.78 is 48.3. The van der Waals surface area contributed by atoms with E-state index in [9.17, 15) is 8.42 Å². The van der Waals surface area contributed by atoms with Gasteiger partial charge in [-0.3, -0.25) is 0 Å². The van der Waals surface area contributed by atoms with Crippen LogP contribution in [0.5, 0.6) is 11.5 Å². The highest BCUT2D eigenvalue weighted by atomic mass is 32.2. The monoisotopic (exact) mass is 353 g/mol. The van der Waals surface area contributed by atoms with Crippen molar-refractivity contribution in [1.82, 2.24) is 4.31 Å². The van der Waals surface area contributed by atoms with Gasteiger partial charge in [0.2, 0.25) is 10.0 Å². The van der Waals surface area contributed by atoms with Crippen molar-refractivity contribution in [3.8, 4) is 11.5 Å². The van der Waals surface area contributed by atoms with E-state index in [1.54, 1.807) is 12.1 Å². The average molecular weight is 353 g/mol. The third kappa shape index (κ3) is 3.55. The molecule has 0 saturated heterocycles. The van der Waals surface area contributed by atoms with Gasteiger partial charge in [0.15, 0.2) is 11.5 Å². The van der Waals surface area contributed by atoms with E-state index >= 15 is 0 Å². The Morgan fingerprint density at radius 2 is 1.96 bits per heavy atom. The molecule has 0 saturated carbocycles. The van der Waals surface area contributed by atoms with Crippen molar-refractivity contribution in [2.75, 3.05) is 33.5 Å². The third-order valence-electron chi connectivity index (χ3n) is 3.64. The molecule has 0 spiro atoms. The fourth-order valence-electron chi connectivity index (χ4n) is 2.40. The number of hydrogen-bond acceptors (Lipinski definition) is 6. The van der Waals surface area contributed by atoms with E-state index in [4.69, 9.17) is 18.6 Å². The Bertz CT molecular complexity index is 772. The summed E-state index contributed by atoms with van der Waals surface area (Å²) >= 11 is 0. The van der Waals surface area contributed by atoms with Crippen LogP contribution in [-0.2, 0) is 21.3 Å². The van der Waals surface area contributed by atoms with Gasteiger partial charge in [0.25, 0.3) is 0 Å². The lowest BCUT2D eigenvalue weighted by molar-refractivity contribution is 0.170. The maximum atomic E-state index is 13.0. The number of methoxy groups -OCH3 is 1. The molecule has 130 valence electrons. The van der Waals surface area contributed by atoms with E-state index in [-0.39, 0.29) is 18.0 Å². The SMILES string of the molecule is COCCN(Cc1ccoc1)S(=O)(=O)c1ccc2c(c1)OCCO2. The van der Waals surface area contributed by atoms with Crippen LogP contribution in [0.25, 0.3) is 0 Å². The van der Waals surface area contributed by atoms with Gasteiger partial charge < -0.3 is 18.6 Å². The van der Waals surface area contributed by atoms with E-state index in [2.05, 4.69) is 0 Å². The molecule has 0 fully saturated rings. The molecule has 1 aromatic heterocycles. The molecular weight excluding hydrogens is 334 g/mol. The van der Waals surface area contributed by atoms with Crippen molar-refractivity contribution in [2.45, 2.75) is 11.4 Å². The normalized spacial score (nSPS) is 14.1. The van der Waals surface area contributed by atoms with Crippen LogP contribution in [0.15, 0.2) is 46.1 Å². The summed E-state index contributed by atoms with van der Waals surface area (Å²) in [6, 6.07) is 6.38. The summed E-state index contributed by atoms with van der Waals surface area (Å²) in [6.07, 6.45) is 3.04. The standard InChI is InChI=1S/C16H19NO6S/c1-20-7-5-17(11-13-4-6-21-12-13)24(18,19)14-2-3-15-16(10-14)23-9-8-22-15/h2-4,6,10,12H,5,7-9,11H2,1H3.